The van der Waals surface area contributed by atoms with Gasteiger partial charge in [0, 0.05) is 26.1 Å². The van der Waals surface area contributed by atoms with Crippen LogP contribution in [-0.2, 0) is 14.8 Å². The highest BCUT2D eigenvalue weighted by Gasteiger charge is 2.26. The van der Waals surface area contributed by atoms with Crippen LogP contribution in [0.15, 0.2) is 0 Å². The predicted octanol–water partition coefficient (Wildman–Crippen LogP) is 1.35. The Balaban J connectivity index is 1.71. The van der Waals surface area contributed by atoms with Crippen LogP contribution in [0, 0.1) is 11.8 Å². The minimum absolute atomic E-state index is 0.133. The lowest BCUT2D eigenvalue weighted by Gasteiger charge is -2.31. The summed E-state index contributed by atoms with van der Waals surface area (Å²) >= 11 is 0. The van der Waals surface area contributed by atoms with Crippen molar-refractivity contribution in [3.05, 3.63) is 0 Å². The second kappa shape index (κ2) is 6.89. The fourth-order valence-electron chi connectivity index (χ4n) is 3.30. The van der Waals surface area contributed by atoms with Crippen LogP contribution in [-0.4, -0.2) is 44.5 Å². The van der Waals surface area contributed by atoms with E-state index in [1.54, 1.807) is 0 Å². The summed E-state index contributed by atoms with van der Waals surface area (Å²) in [5, 5.41) is 2.99. The molecule has 1 N–H and O–H groups in total. The Morgan fingerprint density at radius 3 is 2.45 bits per heavy atom. The van der Waals surface area contributed by atoms with Gasteiger partial charge in [-0.05, 0) is 37.5 Å². The summed E-state index contributed by atoms with van der Waals surface area (Å²) in [6.07, 6.45) is 8.65. The van der Waals surface area contributed by atoms with Crippen LogP contribution >= 0.6 is 0 Å². The van der Waals surface area contributed by atoms with E-state index in [2.05, 4.69) is 5.32 Å². The number of nitrogens with zero attached hydrogens (tertiary/aromatic N) is 1. The lowest BCUT2D eigenvalue weighted by Crippen LogP contribution is -2.43. The Hall–Kier alpha value is -0.620. The summed E-state index contributed by atoms with van der Waals surface area (Å²) in [4.78, 5) is 11.9. The monoisotopic (exact) mass is 302 g/mol. The zero-order chi connectivity index (χ0) is 14.6. The smallest absolute Gasteiger partial charge is 0.220 e. The first-order valence-corrected chi connectivity index (χ1v) is 9.52. The molecule has 1 aliphatic carbocycles. The van der Waals surface area contributed by atoms with Crippen LogP contribution in [0.5, 0.6) is 0 Å². The van der Waals surface area contributed by atoms with Crippen LogP contribution in [0.4, 0.5) is 0 Å². The van der Waals surface area contributed by atoms with E-state index >= 15 is 0 Å². The van der Waals surface area contributed by atoms with Gasteiger partial charge in [-0.2, -0.15) is 0 Å². The molecule has 1 amide bonds. The van der Waals surface area contributed by atoms with Gasteiger partial charge in [-0.3, -0.25) is 4.79 Å². The average molecular weight is 302 g/mol. The minimum atomic E-state index is -3.10. The molecule has 2 fully saturated rings. The quantitative estimate of drug-likeness (QED) is 0.834. The molecule has 1 unspecified atom stereocenters. The molecule has 0 spiro atoms. The van der Waals surface area contributed by atoms with Crippen molar-refractivity contribution in [2.24, 2.45) is 11.8 Å². The number of hydrogen-bond donors (Lipinski definition) is 1. The van der Waals surface area contributed by atoms with Crippen LogP contribution in [0.2, 0.25) is 0 Å². The number of nitrogens with one attached hydrogen (secondary N) is 1. The fourth-order valence-corrected chi connectivity index (χ4v) is 4.24. The molecule has 1 heterocycles. The van der Waals surface area contributed by atoms with Gasteiger partial charge in [0.25, 0.3) is 0 Å². The van der Waals surface area contributed by atoms with E-state index in [0.29, 0.717) is 32.0 Å². The Bertz CT molecular complexity index is 430. The highest BCUT2D eigenvalue weighted by atomic mass is 32.2. The van der Waals surface area contributed by atoms with Crippen molar-refractivity contribution in [3.63, 3.8) is 0 Å². The molecule has 0 radical (unpaired) electrons. The maximum atomic E-state index is 11.9. The first-order valence-electron chi connectivity index (χ1n) is 7.67. The summed E-state index contributed by atoms with van der Waals surface area (Å²) in [6.45, 7) is 1.77. The summed E-state index contributed by atoms with van der Waals surface area (Å²) in [5.74, 6) is 0.952. The van der Waals surface area contributed by atoms with Gasteiger partial charge in [-0.25, -0.2) is 12.7 Å². The van der Waals surface area contributed by atoms with Crippen LogP contribution in [0.1, 0.15) is 44.9 Å². The number of carbonyl (C=O) groups excluding carboxylic acids is 1. The molecule has 1 atom stereocenters. The van der Waals surface area contributed by atoms with E-state index in [4.69, 9.17) is 0 Å². The largest absolute Gasteiger partial charge is 0.356 e. The highest BCUT2D eigenvalue weighted by Crippen LogP contribution is 2.27. The van der Waals surface area contributed by atoms with Gasteiger partial charge < -0.3 is 5.32 Å². The maximum absolute atomic E-state index is 11.9. The molecule has 1 aliphatic heterocycles. The van der Waals surface area contributed by atoms with Crippen molar-refractivity contribution < 1.29 is 13.2 Å². The lowest BCUT2D eigenvalue weighted by atomic mass is 9.99. The van der Waals surface area contributed by atoms with Crippen molar-refractivity contribution >= 4 is 15.9 Å². The number of hydrogen-bond acceptors (Lipinski definition) is 3. The number of carbonyl (C=O) groups is 1. The first-order chi connectivity index (χ1) is 9.45. The summed E-state index contributed by atoms with van der Waals surface area (Å²) in [7, 11) is -3.10. The average Bonchev–Trinajstić information content (AvgIpc) is 2.88. The third-order valence-corrected chi connectivity index (χ3v) is 5.76. The number of piperidine rings is 1. The Morgan fingerprint density at radius 2 is 1.80 bits per heavy atom. The van der Waals surface area contributed by atoms with Gasteiger partial charge >= 0.3 is 0 Å². The van der Waals surface area contributed by atoms with Crippen molar-refractivity contribution in [2.75, 3.05) is 25.9 Å². The maximum Gasteiger partial charge on any atom is 0.220 e. The van der Waals surface area contributed by atoms with Gasteiger partial charge in [-0.1, -0.05) is 12.8 Å². The summed E-state index contributed by atoms with van der Waals surface area (Å²) in [5.41, 5.74) is 0. The van der Waals surface area contributed by atoms with Gasteiger partial charge in [0.05, 0.1) is 6.26 Å². The molecule has 20 heavy (non-hydrogen) atoms. The molecule has 1 saturated carbocycles. The molecule has 0 aromatic rings. The van der Waals surface area contributed by atoms with Gasteiger partial charge in [0.15, 0.2) is 0 Å². The molecular weight excluding hydrogens is 276 g/mol. The molecule has 116 valence electrons. The van der Waals surface area contributed by atoms with Crippen molar-refractivity contribution in [2.45, 2.75) is 44.9 Å². The number of sulfonamides is 1. The number of amides is 1. The predicted molar refractivity (Wildman–Crippen MR) is 78.7 cm³/mol. The standard InChI is InChI=1S/C14H26N2O3S/c1-20(18,19)16-8-4-7-13(11-16)10-15-14(17)9-12-5-2-3-6-12/h12-13H,2-11H2,1H3,(H,15,17). The van der Waals surface area contributed by atoms with E-state index in [1.807, 2.05) is 0 Å². The molecule has 0 bridgehead atoms. The summed E-state index contributed by atoms with van der Waals surface area (Å²) < 4.78 is 24.6. The third kappa shape index (κ3) is 4.74. The van der Waals surface area contributed by atoms with Gasteiger partial charge in [0.1, 0.15) is 0 Å². The second-order valence-corrected chi connectivity index (χ2v) is 8.27. The van der Waals surface area contributed by atoms with Crippen molar-refractivity contribution in [3.8, 4) is 0 Å². The Labute approximate surface area is 122 Å². The zero-order valence-electron chi connectivity index (χ0n) is 12.3. The van der Waals surface area contributed by atoms with Crippen LogP contribution in [0.3, 0.4) is 0 Å². The molecule has 1 saturated heterocycles. The van der Waals surface area contributed by atoms with E-state index < -0.39 is 10.0 Å². The summed E-state index contributed by atoms with van der Waals surface area (Å²) in [6, 6.07) is 0. The normalized spacial score (nSPS) is 25.8. The third-order valence-electron chi connectivity index (χ3n) is 4.49. The van der Waals surface area contributed by atoms with Crippen LogP contribution < -0.4 is 5.32 Å². The van der Waals surface area contributed by atoms with Gasteiger partial charge in [0.2, 0.25) is 15.9 Å². The van der Waals surface area contributed by atoms with E-state index in [1.165, 1.54) is 36.2 Å². The Kier molecular flexibility index (Phi) is 5.43. The second-order valence-electron chi connectivity index (χ2n) is 6.29. The van der Waals surface area contributed by atoms with Crippen molar-refractivity contribution in [1.82, 2.24) is 9.62 Å². The van der Waals surface area contributed by atoms with E-state index in [9.17, 15) is 13.2 Å². The van der Waals surface area contributed by atoms with E-state index in [0.717, 1.165) is 12.8 Å². The highest BCUT2D eigenvalue weighted by molar-refractivity contribution is 7.88. The fraction of sp³-hybridized carbons (Fsp3) is 0.929. The molecule has 5 nitrogen and oxygen atoms in total. The Morgan fingerprint density at radius 1 is 1.15 bits per heavy atom. The molecular formula is C14H26N2O3S. The van der Waals surface area contributed by atoms with Crippen molar-refractivity contribution in [1.29, 1.82) is 0 Å². The molecule has 0 aromatic heterocycles. The first kappa shape index (κ1) is 15.8. The molecule has 2 rings (SSSR count). The topological polar surface area (TPSA) is 66.5 Å². The minimum Gasteiger partial charge on any atom is -0.356 e. The lowest BCUT2D eigenvalue weighted by molar-refractivity contribution is -0.122. The molecule has 6 heteroatoms. The zero-order valence-corrected chi connectivity index (χ0v) is 13.1. The number of rotatable bonds is 5. The molecule has 2 aliphatic rings. The molecule has 0 aromatic carbocycles. The van der Waals surface area contributed by atoms with Crippen LogP contribution in [0.25, 0.3) is 0 Å². The van der Waals surface area contributed by atoms with E-state index in [-0.39, 0.29) is 11.8 Å². The van der Waals surface area contributed by atoms with Gasteiger partial charge in [-0.15, -0.1) is 0 Å². The SMILES string of the molecule is CS(=O)(=O)N1CCCC(CNC(=O)CC2CCCC2)C1.